The van der Waals surface area contributed by atoms with Gasteiger partial charge in [0, 0.05) is 25.4 Å². The Labute approximate surface area is 117 Å². The van der Waals surface area contributed by atoms with Crippen molar-refractivity contribution in [2.45, 2.75) is 12.7 Å². The Morgan fingerprint density at radius 1 is 1.38 bits per heavy atom. The summed E-state index contributed by atoms with van der Waals surface area (Å²) in [7, 11) is 1.68. The number of rotatable bonds is 3. The Kier molecular flexibility index (Phi) is 3.97. The fraction of sp³-hybridized carbons (Fsp3) is 0.231. The second-order valence-corrected chi connectivity index (χ2v) is 4.40. The van der Waals surface area contributed by atoms with Gasteiger partial charge in [0.05, 0.1) is 17.3 Å². The summed E-state index contributed by atoms with van der Waals surface area (Å²) < 4.78 is 52.7. The molecule has 0 saturated heterocycles. The van der Waals surface area contributed by atoms with E-state index < -0.39 is 29.0 Å². The average molecular weight is 301 g/mol. The number of nitrogens with one attached hydrogen (secondary N) is 1. The van der Waals surface area contributed by atoms with Gasteiger partial charge in [0.2, 0.25) is 0 Å². The molecule has 8 heteroatoms. The minimum atomic E-state index is -4.63. The van der Waals surface area contributed by atoms with Crippen LogP contribution in [0, 0.1) is 5.82 Å². The number of halogens is 4. The lowest BCUT2D eigenvalue weighted by Gasteiger charge is -2.10. The van der Waals surface area contributed by atoms with Crippen LogP contribution < -0.4 is 5.32 Å². The number of hydrogen-bond donors (Lipinski definition) is 1. The molecule has 0 radical (unpaired) electrons. The van der Waals surface area contributed by atoms with E-state index in [9.17, 15) is 22.4 Å². The molecule has 0 aliphatic heterocycles. The van der Waals surface area contributed by atoms with Crippen molar-refractivity contribution in [2.24, 2.45) is 7.05 Å². The molecule has 1 N–H and O–H groups in total. The highest BCUT2D eigenvalue weighted by molar-refractivity contribution is 5.94. The first-order valence-corrected chi connectivity index (χ1v) is 5.90. The van der Waals surface area contributed by atoms with E-state index in [1.54, 1.807) is 13.2 Å². The highest BCUT2D eigenvalue weighted by Crippen LogP contribution is 2.30. The van der Waals surface area contributed by atoms with Crippen molar-refractivity contribution in [1.29, 1.82) is 0 Å². The second-order valence-electron chi connectivity index (χ2n) is 4.40. The number of aromatic nitrogens is 2. The second kappa shape index (κ2) is 5.55. The topological polar surface area (TPSA) is 46.9 Å². The van der Waals surface area contributed by atoms with Crippen molar-refractivity contribution in [3.8, 4) is 0 Å². The van der Waals surface area contributed by atoms with Crippen LogP contribution in [0.15, 0.2) is 30.6 Å². The number of amides is 1. The zero-order valence-electron chi connectivity index (χ0n) is 10.9. The molecular formula is C13H11F4N3O. The van der Waals surface area contributed by atoms with E-state index in [4.69, 9.17) is 0 Å². The van der Waals surface area contributed by atoms with Crippen molar-refractivity contribution in [3.63, 3.8) is 0 Å². The molecule has 0 bridgehead atoms. The molecule has 1 aromatic carbocycles. The first kappa shape index (κ1) is 15.0. The monoisotopic (exact) mass is 301 g/mol. The highest BCUT2D eigenvalue weighted by Gasteiger charge is 2.31. The van der Waals surface area contributed by atoms with Crippen LogP contribution in [0.2, 0.25) is 0 Å². The van der Waals surface area contributed by atoms with E-state index in [0.717, 1.165) is 0 Å². The maximum atomic E-state index is 13.5. The van der Waals surface area contributed by atoms with Crippen molar-refractivity contribution in [1.82, 2.24) is 15.1 Å². The molecule has 1 aromatic heterocycles. The van der Waals surface area contributed by atoms with Crippen LogP contribution in [0.5, 0.6) is 0 Å². The number of carbonyl (C=O) groups is 1. The predicted molar refractivity (Wildman–Crippen MR) is 65.8 cm³/mol. The van der Waals surface area contributed by atoms with Crippen molar-refractivity contribution < 1.29 is 22.4 Å². The molecule has 1 heterocycles. The van der Waals surface area contributed by atoms with E-state index in [-0.39, 0.29) is 6.54 Å². The van der Waals surface area contributed by atoms with Crippen LogP contribution >= 0.6 is 0 Å². The van der Waals surface area contributed by atoms with Crippen molar-refractivity contribution in [2.75, 3.05) is 0 Å². The molecule has 0 atom stereocenters. The number of benzene rings is 1. The lowest BCUT2D eigenvalue weighted by molar-refractivity contribution is -0.137. The third-order valence-corrected chi connectivity index (χ3v) is 2.75. The van der Waals surface area contributed by atoms with Gasteiger partial charge in [0.25, 0.3) is 5.91 Å². The Balaban J connectivity index is 2.15. The molecule has 4 nitrogen and oxygen atoms in total. The maximum absolute atomic E-state index is 13.5. The van der Waals surface area contributed by atoms with Gasteiger partial charge in [0.1, 0.15) is 5.82 Å². The van der Waals surface area contributed by atoms with Crippen LogP contribution in [0.1, 0.15) is 21.5 Å². The number of hydrogen-bond acceptors (Lipinski definition) is 2. The van der Waals surface area contributed by atoms with E-state index in [1.807, 2.05) is 0 Å². The molecule has 0 unspecified atom stereocenters. The van der Waals surface area contributed by atoms with Gasteiger partial charge in [-0.1, -0.05) is 0 Å². The van der Waals surface area contributed by atoms with Gasteiger partial charge >= 0.3 is 6.18 Å². The summed E-state index contributed by atoms with van der Waals surface area (Å²) in [6.45, 7) is 0.0440. The summed E-state index contributed by atoms with van der Waals surface area (Å²) in [5.74, 6) is -1.92. The fourth-order valence-electron chi connectivity index (χ4n) is 1.72. The standard InChI is InChI=1S/C13H11F4N3O/c1-20-7-8(6-19-20)5-18-12(21)10-4-9(13(15,16)17)2-3-11(10)14/h2-4,6-7H,5H2,1H3,(H,18,21). The molecule has 0 spiro atoms. The molecule has 21 heavy (non-hydrogen) atoms. The number of alkyl halides is 3. The summed E-state index contributed by atoms with van der Waals surface area (Å²) in [5.41, 5.74) is -1.07. The lowest BCUT2D eigenvalue weighted by Crippen LogP contribution is -2.24. The van der Waals surface area contributed by atoms with Crippen molar-refractivity contribution >= 4 is 5.91 Å². The van der Waals surface area contributed by atoms with Crippen LogP contribution in [0.3, 0.4) is 0 Å². The number of nitrogens with zero attached hydrogens (tertiary/aromatic N) is 2. The van der Waals surface area contributed by atoms with E-state index in [0.29, 0.717) is 23.8 Å². The van der Waals surface area contributed by atoms with Crippen molar-refractivity contribution in [3.05, 3.63) is 53.1 Å². The molecular weight excluding hydrogens is 290 g/mol. The van der Waals surface area contributed by atoms with E-state index in [1.165, 1.54) is 10.9 Å². The largest absolute Gasteiger partial charge is 0.416 e. The quantitative estimate of drug-likeness (QED) is 0.886. The average Bonchev–Trinajstić information content (AvgIpc) is 2.81. The van der Waals surface area contributed by atoms with E-state index in [2.05, 4.69) is 10.4 Å². The molecule has 1 amide bonds. The van der Waals surface area contributed by atoms with Gasteiger partial charge < -0.3 is 5.32 Å². The zero-order valence-corrected chi connectivity index (χ0v) is 10.9. The summed E-state index contributed by atoms with van der Waals surface area (Å²) in [4.78, 5) is 11.8. The van der Waals surface area contributed by atoms with Gasteiger partial charge in [-0.2, -0.15) is 18.3 Å². The van der Waals surface area contributed by atoms with Gasteiger partial charge in [-0.15, -0.1) is 0 Å². The van der Waals surface area contributed by atoms with E-state index >= 15 is 0 Å². The SMILES string of the molecule is Cn1cc(CNC(=O)c2cc(C(F)(F)F)ccc2F)cn1. The highest BCUT2D eigenvalue weighted by atomic mass is 19.4. The minimum absolute atomic E-state index is 0.0440. The third-order valence-electron chi connectivity index (χ3n) is 2.75. The summed E-state index contributed by atoms with van der Waals surface area (Å²) in [6, 6.07) is 1.71. The Morgan fingerprint density at radius 3 is 2.67 bits per heavy atom. The molecule has 0 saturated carbocycles. The summed E-state index contributed by atoms with van der Waals surface area (Å²) in [5, 5.41) is 6.22. The Bertz CT molecular complexity index is 664. The normalized spacial score (nSPS) is 11.5. The fourth-order valence-corrected chi connectivity index (χ4v) is 1.72. The maximum Gasteiger partial charge on any atom is 0.416 e. The van der Waals surface area contributed by atoms with Crippen LogP contribution in [0.25, 0.3) is 0 Å². The smallest absolute Gasteiger partial charge is 0.348 e. The minimum Gasteiger partial charge on any atom is -0.348 e. The van der Waals surface area contributed by atoms with Gasteiger partial charge in [-0.3, -0.25) is 9.48 Å². The van der Waals surface area contributed by atoms with Gasteiger partial charge in [-0.05, 0) is 18.2 Å². The third kappa shape index (κ3) is 3.59. The molecule has 112 valence electrons. The molecule has 2 rings (SSSR count). The van der Waals surface area contributed by atoms with Gasteiger partial charge in [-0.25, -0.2) is 4.39 Å². The first-order valence-electron chi connectivity index (χ1n) is 5.90. The first-order chi connectivity index (χ1) is 9.77. The predicted octanol–water partition coefficient (Wildman–Crippen LogP) is 2.51. The number of aryl methyl sites for hydroxylation is 1. The Hall–Kier alpha value is -2.38. The summed E-state index contributed by atoms with van der Waals surface area (Å²) >= 11 is 0. The molecule has 0 aliphatic rings. The van der Waals surface area contributed by atoms with Crippen LogP contribution in [-0.4, -0.2) is 15.7 Å². The summed E-state index contributed by atoms with van der Waals surface area (Å²) in [6.07, 6.45) is -1.52. The van der Waals surface area contributed by atoms with Crippen LogP contribution in [0.4, 0.5) is 17.6 Å². The van der Waals surface area contributed by atoms with Crippen LogP contribution in [-0.2, 0) is 19.8 Å². The molecule has 2 aromatic rings. The molecule has 0 fully saturated rings. The molecule has 0 aliphatic carbocycles. The lowest BCUT2D eigenvalue weighted by atomic mass is 10.1. The van der Waals surface area contributed by atoms with Gasteiger partial charge in [0.15, 0.2) is 0 Å². The number of carbonyl (C=O) groups excluding carboxylic acids is 1. The zero-order chi connectivity index (χ0) is 15.6. The Morgan fingerprint density at radius 2 is 2.10 bits per heavy atom.